The Bertz CT molecular complexity index is 861. The van der Waals surface area contributed by atoms with Crippen molar-refractivity contribution in [1.82, 2.24) is 10.2 Å². The summed E-state index contributed by atoms with van der Waals surface area (Å²) in [5.74, 6) is -1.19. The number of para-hydroxylation sites is 1. The Morgan fingerprint density at radius 3 is 2.34 bits per heavy atom. The summed E-state index contributed by atoms with van der Waals surface area (Å²) >= 11 is 0. The van der Waals surface area contributed by atoms with Crippen LogP contribution in [0.25, 0.3) is 0 Å². The number of carbonyl (C=O) groups excluding carboxylic acids is 2. The molecule has 0 aromatic heterocycles. The summed E-state index contributed by atoms with van der Waals surface area (Å²) in [5, 5.41) is 2.90. The highest BCUT2D eigenvalue weighted by molar-refractivity contribution is 5.88. The SMILES string of the molecule is Cc1ccccc1CN(C(=O)COc1ccccc1F)[C@@H](C)C(=O)NC(C)(C)C. The first-order valence-corrected chi connectivity index (χ1v) is 9.62. The summed E-state index contributed by atoms with van der Waals surface area (Å²) in [4.78, 5) is 27.1. The molecule has 5 nitrogen and oxygen atoms in total. The van der Waals surface area contributed by atoms with Crippen LogP contribution < -0.4 is 10.1 Å². The summed E-state index contributed by atoms with van der Waals surface area (Å²) in [6.07, 6.45) is 0. The average molecular weight is 400 g/mol. The van der Waals surface area contributed by atoms with Crippen molar-refractivity contribution in [3.8, 4) is 5.75 Å². The molecule has 0 spiro atoms. The molecule has 2 amide bonds. The predicted molar refractivity (Wildman–Crippen MR) is 111 cm³/mol. The largest absolute Gasteiger partial charge is 0.481 e. The molecule has 1 atom stereocenters. The standard InChI is InChI=1S/C23H29FN2O3/c1-16-10-6-7-11-18(16)14-26(17(2)22(28)25-23(3,4)5)21(27)15-29-20-13-9-8-12-19(20)24/h6-13,17H,14-15H2,1-5H3,(H,25,28)/t17-/m0/s1. The minimum Gasteiger partial charge on any atom is -0.481 e. The van der Waals surface area contributed by atoms with Crippen LogP contribution in [0, 0.1) is 12.7 Å². The van der Waals surface area contributed by atoms with E-state index in [2.05, 4.69) is 5.32 Å². The molecule has 0 unspecified atom stereocenters. The van der Waals surface area contributed by atoms with E-state index in [-0.39, 0.29) is 24.8 Å². The van der Waals surface area contributed by atoms with Gasteiger partial charge in [-0.2, -0.15) is 0 Å². The fraction of sp³-hybridized carbons (Fsp3) is 0.391. The Kier molecular flexibility index (Phi) is 7.37. The maximum Gasteiger partial charge on any atom is 0.261 e. The van der Waals surface area contributed by atoms with E-state index in [1.807, 2.05) is 52.0 Å². The van der Waals surface area contributed by atoms with Crippen molar-refractivity contribution in [3.05, 3.63) is 65.5 Å². The van der Waals surface area contributed by atoms with Gasteiger partial charge in [0.2, 0.25) is 5.91 Å². The maximum absolute atomic E-state index is 13.8. The summed E-state index contributed by atoms with van der Waals surface area (Å²) in [6, 6.07) is 12.9. The van der Waals surface area contributed by atoms with Gasteiger partial charge in [0, 0.05) is 12.1 Å². The van der Waals surface area contributed by atoms with E-state index >= 15 is 0 Å². The fourth-order valence-corrected chi connectivity index (χ4v) is 2.81. The van der Waals surface area contributed by atoms with Gasteiger partial charge >= 0.3 is 0 Å². The zero-order valence-electron chi connectivity index (χ0n) is 17.7. The lowest BCUT2D eigenvalue weighted by molar-refractivity contribution is -0.142. The smallest absolute Gasteiger partial charge is 0.261 e. The lowest BCUT2D eigenvalue weighted by atomic mass is 10.1. The van der Waals surface area contributed by atoms with E-state index in [0.717, 1.165) is 11.1 Å². The van der Waals surface area contributed by atoms with Crippen LogP contribution in [-0.4, -0.2) is 34.9 Å². The van der Waals surface area contributed by atoms with Gasteiger partial charge in [-0.3, -0.25) is 9.59 Å². The molecule has 0 aliphatic rings. The minimum absolute atomic E-state index is 0.00323. The Morgan fingerprint density at radius 2 is 1.72 bits per heavy atom. The number of nitrogens with zero attached hydrogens (tertiary/aromatic N) is 1. The summed E-state index contributed by atoms with van der Waals surface area (Å²) in [5.41, 5.74) is 1.53. The molecule has 156 valence electrons. The molecule has 0 saturated heterocycles. The summed E-state index contributed by atoms with van der Waals surface area (Å²) in [6.45, 7) is 9.17. The lowest BCUT2D eigenvalue weighted by Gasteiger charge is -2.31. The number of halogens is 1. The number of hydrogen-bond donors (Lipinski definition) is 1. The second-order valence-corrected chi connectivity index (χ2v) is 8.08. The van der Waals surface area contributed by atoms with E-state index < -0.39 is 23.3 Å². The number of amides is 2. The highest BCUT2D eigenvalue weighted by Crippen LogP contribution is 2.17. The quantitative estimate of drug-likeness (QED) is 0.768. The van der Waals surface area contributed by atoms with Crippen molar-refractivity contribution in [2.75, 3.05) is 6.61 Å². The molecule has 6 heteroatoms. The third-order valence-electron chi connectivity index (χ3n) is 4.46. The van der Waals surface area contributed by atoms with Crippen LogP contribution in [0.2, 0.25) is 0 Å². The van der Waals surface area contributed by atoms with Crippen molar-refractivity contribution in [3.63, 3.8) is 0 Å². The summed E-state index contributed by atoms with van der Waals surface area (Å²) < 4.78 is 19.2. The second-order valence-electron chi connectivity index (χ2n) is 8.08. The summed E-state index contributed by atoms with van der Waals surface area (Å²) in [7, 11) is 0. The van der Waals surface area contributed by atoms with Gasteiger partial charge in [0.25, 0.3) is 5.91 Å². The highest BCUT2D eigenvalue weighted by Gasteiger charge is 2.29. The van der Waals surface area contributed by atoms with Crippen LogP contribution in [0.3, 0.4) is 0 Å². The maximum atomic E-state index is 13.8. The van der Waals surface area contributed by atoms with Crippen LogP contribution in [0.4, 0.5) is 4.39 Å². The number of carbonyl (C=O) groups is 2. The van der Waals surface area contributed by atoms with Gasteiger partial charge in [0.15, 0.2) is 18.2 Å². The number of nitrogens with one attached hydrogen (secondary N) is 1. The van der Waals surface area contributed by atoms with Gasteiger partial charge in [0.05, 0.1) is 0 Å². The second kappa shape index (κ2) is 9.54. The molecule has 0 saturated carbocycles. The third-order valence-corrected chi connectivity index (χ3v) is 4.46. The van der Waals surface area contributed by atoms with Crippen molar-refractivity contribution in [1.29, 1.82) is 0 Å². The zero-order valence-corrected chi connectivity index (χ0v) is 17.7. The van der Waals surface area contributed by atoms with Crippen LogP contribution in [-0.2, 0) is 16.1 Å². The highest BCUT2D eigenvalue weighted by atomic mass is 19.1. The van der Waals surface area contributed by atoms with Gasteiger partial charge in [-0.05, 0) is 57.9 Å². The van der Waals surface area contributed by atoms with Crippen molar-refractivity contribution < 1.29 is 18.7 Å². The molecular weight excluding hydrogens is 371 g/mol. The van der Waals surface area contributed by atoms with Crippen LogP contribution >= 0.6 is 0 Å². The van der Waals surface area contributed by atoms with E-state index in [4.69, 9.17) is 4.74 Å². The minimum atomic E-state index is -0.717. The van der Waals surface area contributed by atoms with Crippen molar-refractivity contribution >= 4 is 11.8 Å². The van der Waals surface area contributed by atoms with E-state index in [0.29, 0.717) is 0 Å². The van der Waals surface area contributed by atoms with E-state index in [9.17, 15) is 14.0 Å². The third kappa shape index (κ3) is 6.59. The first-order valence-electron chi connectivity index (χ1n) is 9.62. The molecule has 2 rings (SSSR count). The Hall–Kier alpha value is -2.89. The molecule has 0 aliphatic heterocycles. The normalized spacial score (nSPS) is 12.2. The monoisotopic (exact) mass is 400 g/mol. The van der Waals surface area contributed by atoms with Crippen LogP contribution in [0.5, 0.6) is 5.75 Å². The molecule has 1 N–H and O–H groups in total. The van der Waals surface area contributed by atoms with Gasteiger partial charge in [-0.1, -0.05) is 36.4 Å². The number of aryl methyl sites for hydroxylation is 1. The molecule has 2 aromatic rings. The molecule has 0 radical (unpaired) electrons. The number of ether oxygens (including phenoxy) is 1. The van der Waals surface area contributed by atoms with Gasteiger partial charge in [-0.15, -0.1) is 0 Å². The van der Waals surface area contributed by atoms with Gasteiger partial charge < -0.3 is 15.0 Å². The van der Waals surface area contributed by atoms with Gasteiger partial charge in [-0.25, -0.2) is 4.39 Å². The van der Waals surface area contributed by atoms with Crippen molar-refractivity contribution in [2.24, 2.45) is 0 Å². The molecule has 0 fully saturated rings. The number of hydrogen-bond acceptors (Lipinski definition) is 3. The van der Waals surface area contributed by atoms with E-state index in [1.54, 1.807) is 19.1 Å². The molecular formula is C23H29FN2O3. The Labute approximate surface area is 171 Å². The number of rotatable bonds is 7. The molecule has 2 aromatic carbocycles. The zero-order chi connectivity index (χ0) is 21.6. The Balaban J connectivity index is 2.20. The van der Waals surface area contributed by atoms with E-state index in [1.165, 1.54) is 17.0 Å². The molecule has 0 bridgehead atoms. The Morgan fingerprint density at radius 1 is 1.10 bits per heavy atom. The fourth-order valence-electron chi connectivity index (χ4n) is 2.81. The van der Waals surface area contributed by atoms with Crippen LogP contribution in [0.1, 0.15) is 38.8 Å². The number of benzene rings is 2. The van der Waals surface area contributed by atoms with Gasteiger partial charge in [0.1, 0.15) is 6.04 Å². The molecule has 29 heavy (non-hydrogen) atoms. The first-order chi connectivity index (χ1) is 13.6. The van der Waals surface area contributed by atoms with Crippen LogP contribution in [0.15, 0.2) is 48.5 Å². The lowest BCUT2D eigenvalue weighted by Crippen LogP contribution is -2.53. The average Bonchev–Trinajstić information content (AvgIpc) is 2.64. The first kappa shape index (κ1) is 22.4. The predicted octanol–water partition coefficient (Wildman–Crippen LogP) is 3.84. The van der Waals surface area contributed by atoms with Crippen molar-refractivity contribution in [2.45, 2.75) is 52.7 Å². The molecule has 0 heterocycles. The topological polar surface area (TPSA) is 58.6 Å². The molecule has 0 aliphatic carbocycles.